The van der Waals surface area contributed by atoms with Crippen LogP contribution in [0, 0.1) is 5.92 Å². The van der Waals surface area contributed by atoms with E-state index in [1.54, 1.807) is 4.90 Å². The second-order valence-electron chi connectivity index (χ2n) is 5.23. The smallest absolute Gasteiger partial charge is 0.410 e. The van der Waals surface area contributed by atoms with E-state index in [9.17, 15) is 9.90 Å². The lowest BCUT2D eigenvalue weighted by atomic mass is 10.0. The van der Waals surface area contributed by atoms with Gasteiger partial charge < -0.3 is 19.8 Å². The quantitative estimate of drug-likeness (QED) is 0.730. The predicted molar refractivity (Wildman–Crippen MR) is 59.0 cm³/mol. The fourth-order valence-corrected chi connectivity index (χ4v) is 1.74. The largest absolute Gasteiger partial charge is 0.444 e. The van der Waals surface area contributed by atoms with Crippen molar-refractivity contribution in [3.63, 3.8) is 0 Å². The molecule has 0 aromatic carbocycles. The van der Waals surface area contributed by atoms with Crippen LogP contribution in [0.1, 0.15) is 27.2 Å². The zero-order valence-electron chi connectivity index (χ0n) is 10.1. The van der Waals surface area contributed by atoms with Gasteiger partial charge in [0, 0.05) is 19.0 Å². The molecule has 0 bridgehead atoms. The molecule has 0 spiro atoms. The number of carbonyl (C=O) groups excluding carboxylic acids is 1. The minimum absolute atomic E-state index is 0.0440. The number of ether oxygens (including phenoxy) is 1. The number of nitrogens with zero attached hydrogens (tertiary/aromatic N) is 1. The highest BCUT2D eigenvalue weighted by Gasteiger charge is 2.32. The molecule has 1 heterocycles. The van der Waals surface area contributed by atoms with Crippen molar-refractivity contribution < 1.29 is 19.7 Å². The van der Waals surface area contributed by atoms with Gasteiger partial charge in [0.2, 0.25) is 0 Å². The predicted octanol–water partition coefficient (Wildman–Crippen LogP) is 0.597. The Labute approximate surface area is 96.0 Å². The number of hydrogen-bond donors (Lipinski definition) is 2. The molecule has 0 aliphatic carbocycles. The zero-order valence-corrected chi connectivity index (χ0v) is 10.1. The number of amides is 1. The molecule has 2 atom stereocenters. The maximum absolute atomic E-state index is 11.7. The van der Waals surface area contributed by atoms with Crippen molar-refractivity contribution in [2.75, 3.05) is 19.7 Å². The fourth-order valence-electron chi connectivity index (χ4n) is 1.74. The van der Waals surface area contributed by atoms with Crippen LogP contribution in [0.15, 0.2) is 0 Å². The van der Waals surface area contributed by atoms with Gasteiger partial charge in [0.25, 0.3) is 0 Å². The SMILES string of the molecule is CC(C)(C)OC(=O)N1CCC([C@H](O)CO)C1. The van der Waals surface area contributed by atoms with E-state index in [1.165, 1.54) is 0 Å². The summed E-state index contributed by atoms with van der Waals surface area (Å²) in [5, 5.41) is 18.3. The van der Waals surface area contributed by atoms with E-state index in [-0.39, 0.29) is 18.6 Å². The Morgan fingerprint density at radius 3 is 2.69 bits per heavy atom. The van der Waals surface area contributed by atoms with Crippen LogP contribution in [0.2, 0.25) is 0 Å². The highest BCUT2D eigenvalue weighted by Crippen LogP contribution is 2.21. The Bertz CT molecular complexity index is 249. The van der Waals surface area contributed by atoms with Crippen LogP contribution in [0.3, 0.4) is 0 Å². The standard InChI is InChI=1S/C11H21NO4/c1-11(2,3)16-10(15)12-5-4-8(6-12)9(14)7-13/h8-9,13-14H,4-7H2,1-3H3/t8?,9-/m1/s1. The summed E-state index contributed by atoms with van der Waals surface area (Å²) in [5.74, 6) is -0.0440. The van der Waals surface area contributed by atoms with E-state index >= 15 is 0 Å². The van der Waals surface area contributed by atoms with Crippen molar-refractivity contribution >= 4 is 6.09 Å². The van der Waals surface area contributed by atoms with Gasteiger partial charge in [0.15, 0.2) is 0 Å². The molecule has 1 aliphatic heterocycles. The molecule has 1 rings (SSSR count). The summed E-state index contributed by atoms with van der Waals surface area (Å²) in [7, 11) is 0. The number of aliphatic hydroxyl groups excluding tert-OH is 2. The molecule has 0 saturated carbocycles. The van der Waals surface area contributed by atoms with Crippen LogP contribution in [0.5, 0.6) is 0 Å². The van der Waals surface area contributed by atoms with Gasteiger partial charge in [-0.1, -0.05) is 0 Å². The third kappa shape index (κ3) is 3.64. The minimum atomic E-state index is -0.743. The van der Waals surface area contributed by atoms with E-state index < -0.39 is 11.7 Å². The molecule has 94 valence electrons. The highest BCUT2D eigenvalue weighted by molar-refractivity contribution is 5.68. The molecule has 1 aliphatic rings. The van der Waals surface area contributed by atoms with Crippen molar-refractivity contribution in [2.24, 2.45) is 5.92 Å². The Balaban J connectivity index is 2.44. The minimum Gasteiger partial charge on any atom is -0.444 e. The lowest BCUT2D eigenvalue weighted by Gasteiger charge is -2.24. The van der Waals surface area contributed by atoms with Crippen LogP contribution in [-0.2, 0) is 4.74 Å². The van der Waals surface area contributed by atoms with Gasteiger partial charge in [-0.15, -0.1) is 0 Å². The summed E-state index contributed by atoms with van der Waals surface area (Å²) in [6.45, 7) is 6.24. The molecule has 1 unspecified atom stereocenters. The first-order valence-electron chi connectivity index (χ1n) is 5.60. The van der Waals surface area contributed by atoms with E-state index in [4.69, 9.17) is 9.84 Å². The van der Waals surface area contributed by atoms with Crippen LogP contribution < -0.4 is 0 Å². The first kappa shape index (κ1) is 13.3. The van der Waals surface area contributed by atoms with Crippen molar-refractivity contribution in [1.82, 2.24) is 4.90 Å². The maximum Gasteiger partial charge on any atom is 0.410 e. The van der Waals surface area contributed by atoms with Crippen LogP contribution >= 0.6 is 0 Å². The van der Waals surface area contributed by atoms with Gasteiger partial charge in [-0.3, -0.25) is 0 Å². The Morgan fingerprint density at radius 2 is 2.19 bits per heavy atom. The summed E-state index contributed by atoms with van der Waals surface area (Å²) in [6.07, 6.45) is -0.381. The van der Waals surface area contributed by atoms with E-state index in [0.29, 0.717) is 19.5 Å². The second kappa shape index (κ2) is 5.01. The van der Waals surface area contributed by atoms with Gasteiger partial charge in [-0.2, -0.15) is 0 Å². The third-order valence-electron chi connectivity index (χ3n) is 2.61. The number of rotatable bonds is 2. The summed E-state index contributed by atoms with van der Waals surface area (Å²) < 4.78 is 5.23. The number of aliphatic hydroxyl groups is 2. The van der Waals surface area contributed by atoms with Gasteiger partial charge >= 0.3 is 6.09 Å². The normalized spacial score (nSPS) is 23.3. The van der Waals surface area contributed by atoms with Gasteiger partial charge in [0.1, 0.15) is 5.60 Å². The van der Waals surface area contributed by atoms with Crippen molar-refractivity contribution in [3.8, 4) is 0 Å². The average Bonchev–Trinajstić information content (AvgIpc) is 2.62. The maximum atomic E-state index is 11.7. The van der Waals surface area contributed by atoms with Crippen molar-refractivity contribution in [1.29, 1.82) is 0 Å². The first-order valence-corrected chi connectivity index (χ1v) is 5.60. The summed E-state index contributed by atoms with van der Waals surface area (Å²) >= 11 is 0. The Morgan fingerprint density at radius 1 is 1.56 bits per heavy atom. The van der Waals surface area contributed by atoms with E-state index in [2.05, 4.69) is 0 Å². The molecule has 0 radical (unpaired) electrons. The second-order valence-corrected chi connectivity index (χ2v) is 5.23. The monoisotopic (exact) mass is 231 g/mol. The number of carbonyl (C=O) groups is 1. The first-order chi connectivity index (χ1) is 7.33. The van der Waals surface area contributed by atoms with Gasteiger partial charge in [-0.05, 0) is 27.2 Å². The lowest BCUT2D eigenvalue weighted by Crippen LogP contribution is -2.36. The third-order valence-corrected chi connectivity index (χ3v) is 2.61. The molecule has 0 aromatic rings. The molecule has 1 saturated heterocycles. The van der Waals surface area contributed by atoms with Gasteiger partial charge in [-0.25, -0.2) is 4.79 Å². The molecule has 2 N–H and O–H groups in total. The van der Waals surface area contributed by atoms with Crippen LogP contribution in [0.25, 0.3) is 0 Å². The van der Waals surface area contributed by atoms with Crippen LogP contribution in [-0.4, -0.2) is 52.6 Å². The number of hydrogen-bond acceptors (Lipinski definition) is 4. The molecular weight excluding hydrogens is 210 g/mol. The fraction of sp³-hybridized carbons (Fsp3) is 0.909. The lowest BCUT2D eigenvalue weighted by molar-refractivity contribution is 0.0230. The topological polar surface area (TPSA) is 70.0 Å². The Kier molecular flexibility index (Phi) is 4.15. The summed E-state index contributed by atoms with van der Waals surface area (Å²) in [5.41, 5.74) is -0.495. The molecule has 0 aromatic heterocycles. The van der Waals surface area contributed by atoms with Crippen molar-refractivity contribution in [3.05, 3.63) is 0 Å². The summed E-state index contributed by atoms with van der Waals surface area (Å²) in [6, 6.07) is 0. The molecule has 1 amide bonds. The Hall–Kier alpha value is -0.810. The van der Waals surface area contributed by atoms with Crippen molar-refractivity contribution in [2.45, 2.75) is 38.9 Å². The zero-order chi connectivity index (χ0) is 12.3. The van der Waals surface area contributed by atoms with Gasteiger partial charge in [0.05, 0.1) is 12.7 Å². The van der Waals surface area contributed by atoms with E-state index in [0.717, 1.165) is 0 Å². The summed E-state index contributed by atoms with van der Waals surface area (Å²) in [4.78, 5) is 13.3. The highest BCUT2D eigenvalue weighted by atomic mass is 16.6. The molecule has 1 fully saturated rings. The average molecular weight is 231 g/mol. The van der Waals surface area contributed by atoms with E-state index in [1.807, 2.05) is 20.8 Å². The molecule has 5 nitrogen and oxygen atoms in total. The molecular formula is C11H21NO4. The number of likely N-dealkylation sites (tertiary alicyclic amines) is 1. The molecule has 16 heavy (non-hydrogen) atoms. The van der Waals surface area contributed by atoms with Crippen LogP contribution in [0.4, 0.5) is 4.79 Å². The molecule has 5 heteroatoms.